The Bertz CT molecular complexity index is 942. The van der Waals surface area contributed by atoms with Crippen molar-refractivity contribution >= 4 is 0 Å². The summed E-state index contributed by atoms with van der Waals surface area (Å²) in [5.41, 5.74) is 4.82. The highest BCUT2D eigenvalue weighted by Crippen LogP contribution is 2.31. The molecule has 0 amide bonds. The van der Waals surface area contributed by atoms with Crippen LogP contribution in [0.1, 0.15) is 48.1 Å². The molecule has 31 heavy (non-hydrogen) atoms. The smallest absolute Gasteiger partial charge is 0.120 e. The third-order valence-electron chi connectivity index (χ3n) is 6.39. The van der Waals surface area contributed by atoms with Crippen LogP contribution in [0.15, 0.2) is 78.9 Å². The zero-order valence-corrected chi connectivity index (χ0v) is 18.4. The third-order valence-corrected chi connectivity index (χ3v) is 6.39. The number of rotatable bonds is 8. The molecule has 2 atom stereocenters. The van der Waals surface area contributed by atoms with E-state index < -0.39 is 6.10 Å². The van der Waals surface area contributed by atoms with E-state index in [0.717, 1.165) is 49.2 Å². The van der Waals surface area contributed by atoms with E-state index in [4.69, 9.17) is 4.74 Å². The van der Waals surface area contributed by atoms with Crippen LogP contribution in [0.5, 0.6) is 5.75 Å². The average Bonchev–Trinajstić information content (AvgIpc) is 2.93. The number of ether oxygens (including phenoxy) is 1. The summed E-state index contributed by atoms with van der Waals surface area (Å²) in [6, 6.07) is 27.2. The standard InChI is InChI=1S/C28H33NO2/c1-22-28(30)27-16-15-26(31-21-24-13-6-3-7-14-24)20-25(27)17-19-29(22)18-9-8-12-23-10-4-2-5-11-23/h2-7,10-11,13-16,20,22,28,30H,8-9,12,17-19,21H2,1H3/t22-,28-/m0/s1. The Morgan fingerprint density at radius 3 is 2.35 bits per heavy atom. The van der Waals surface area contributed by atoms with Crippen molar-refractivity contribution in [2.75, 3.05) is 13.1 Å². The summed E-state index contributed by atoms with van der Waals surface area (Å²) in [6.07, 6.45) is 3.92. The van der Waals surface area contributed by atoms with Gasteiger partial charge in [-0.05, 0) is 73.5 Å². The number of hydrogen-bond donors (Lipinski definition) is 1. The summed E-state index contributed by atoms with van der Waals surface area (Å²) in [5, 5.41) is 11.0. The number of unbranched alkanes of at least 4 members (excludes halogenated alkanes) is 1. The van der Waals surface area contributed by atoms with Crippen LogP contribution in [0.3, 0.4) is 0 Å². The summed E-state index contributed by atoms with van der Waals surface area (Å²) in [7, 11) is 0. The quantitative estimate of drug-likeness (QED) is 0.488. The first kappa shape index (κ1) is 21.6. The fraction of sp³-hybridized carbons (Fsp3) is 0.357. The SMILES string of the molecule is C[C@H]1[C@H](O)c2ccc(OCc3ccccc3)cc2CCN1CCCCc1ccccc1. The molecule has 1 aliphatic heterocycles. The number of fused-ring (bicyclic) bond motifs is 1. The van der Waals surface area contributed by atoms with Crippen LogP contribution in [-0.2, 0) is 19.4 Å². The molecule has 1 aliphatic rings. The molecule has 0 aromatic heterocycles. The van der Waals surface area contributed by atoms with Crippen LogP contribution in [0.4, 0.5) is 0 Å². The van der Waals surface area contributed by atoms with Crippen LogP contribution in [0, 0.1) is 0 Å². The molecule has 0 saturated heterocycles. The van der Waals surface area contributed by atoms with Crippen LogP contribution in [0.2, 0.25) is 0 Å². The summed E-state index contributed by atoms with van der Waals surface area (Å²) in [4.78, 5) is 2.44. The molecule has 0 radical (unpaired) electrons. The van der Waals surface area contributed by atoms with Crippen molar-refractivity contribution in [1.82, 2.24) is 4.90 Å². The van der Waals surface area contributed by atoms with Gasteiger partial charge in [-0.15, -0.1) is 0 Å². The van der Waals surface area contributed by atoms with Crippen molar-refractivity contribution in [3.63, 3.8) is 0 Å². The van der Waals surface area contributed by atoms with Crippen molar-refractivity contribution in [3.8, 4) is 5.75 Å². The molecule has 1 heterocycles. The lowest BCUT2D eigenvalue weighted by Gasteiger charge is -2.30. The van der Waals surface area contributed by atoms with E-state index in [1.54, 1.807) is 0 Å². The topological polar surface area (TPSA) is 32.7 Å². The molecule has 3 nitrogen and oxygen atoms in total. The predicted molar refractivity (Wildman–Crippen MR) is 126 cm³/mol. The van der Waals surface area contributed by atoms with E-state index in [1.165, 1.54) is 17.5 Å². The maximum Gasteiger partial charge on any atom is 0.120 e. The molecule has 0 fully saturated rings. The number of benzene rings is 3. The zero-order valence-electron chi connectivity index (χ0n) is 18.4. The van der Waals surface area contributed by atoms with Crippen molar-refractivity contribution in [1.29, 1.82) is 0 Å². The summed E-state index contributed by atoms with van der Waals surface area (Å²) in [6.45, 7) is 4.71. The molecule has 1 N–H and O–H groups in total. The van der Waals surface area contributed by atoms with E-state index >= 15 is 0 Å². The Morgan fingerprint density at radius 1 is 0.903 bits per heavy atom. The number of nitrogens with zero attached hydrogens (tertiary/aromatic N) is 1. The van der Waals surface area contributed by atoms with Crippen LogP contribution < -0.4 is 4.74 Å². The molecule has 0 spiro atoms. The lowest BCUT2D eigenvalue weighted by atomic mass is 9.98. The maximum atomic E-state index is 11.0. The first-order chi connectivity index (χ1) is 15.2. The van der Waals surface area contributed by atoms with E-state index in [1.807, 2.05) is 24.3 Å². The number of hydrogen-bond acceptors (Lipinski definition) is 3. The molecular formula is C28H33NO2. The normalized spacial score (nSPS) is 18.9. The van der Waals surface area contributed by atoms with E-state index in [-0.39, 0.29) is 6.04 Å². The number of aryl methyl sites for hydroxylation is 1. The van der Waals surface area contributed by atoms with E-state index in [9.17, 15) is 5.11 Å². The fourth-order valence-corrected chi connectivity index (χ4v) is 4.45. The summed E-state index contributed by atoms with van der Waals surface area (Å²) >= 11 is 0. The van der Waals surface area contributed by atoms with E-state index in [2.05, 4.69) is 66.4 Å². The highest BCUT2D eigenvalue weighted by molar-refractivity contribution is 5.38. The lowest BCUT2D eigenvalue weighted by molar-refractivity contribution is 0.0635. The van der Waals surface area contributed by atoms with Crippen molar-refractivity contribution in [2.45, 2.75) is 51.4 Å². The zero-order chi connectivity index (χ0) is 21.5. The molecule has 162 valence electrons. The van der Waals surface area contributed by atoms with Crippen LogP contribution in [-0.4, -0.2) is 29.1 Å². The highest BCUT2D eigenvalue weighted by Gasteiger charge is 2.28. The van der Waals surface area contributed by atoms with Gasteiger partial charge in [0, 0.05) is 12.6 Å². The molecule has 4 rings (SSSR count). The van der Waals surface area contributed by atoms with Crippen molar-refractivity contribution < 1.29 is 9.84 Å². The molecule has 0 bridgehead atoms. The lowest BCUT2D eigenvalue weighted by Crippen LogP contribution is -2.37. The second-order valence-electron chi connectivity index (χ2n) is 8.55. The van der Waals surface area contributed by atoms with Gasteiger partial charge in [-0.2, -0.15) is 0 Å². The molecule has 3 heteroatoms. The van der Waals surface area contributed by atoms with E-state index in [0.29, 0.717) is 6.61 Å². The minimum absolute atomic E-state index is 0.120. The maximum absolute atomic E-state index is 11.0. The van der Waals surface area contributed by atoms with Gasteiger partial charge in [0.15, 0.2) is 0 Å². The van der Waals surface area contributed by atoms with Gasteiger partial charge >= 0.3 is 0 Å². The molecule has 3 aromatic rings. The molecule has 0 aliphatic carbocycles. The van der Waals surface area contributed by atoms with Gasteiger partial charge in [-0.3, -0.25) is 4.90 Å². The van der Waals surface area contributed by atoms with Crippen LogP contribution >= 0.6 is 0 Å². The van der Waals surface area contributed by atoms with Gasteiger partial charge in [0.05, 0.1) is 6.10 Å². The van der Waals surface area contributed by atoms with Gasteiger partial charge in [0.2, 0.25) is 0 Å². The Balaban J connectivity index is 1.33. The minimum Gasteiger partial charge on any atom is -0.489 e. The fourth-order valence-electron chi connectivity index (χ4n) is 4.45. The summed E-state index contributed by atoms with van der Waals surface area (Å²) in [5.74, 6) is 0.874. The molecule has 0 saturated carbocycles. The van der Waals surface area contributed by atoms with Gasteiger partial charge in [-0.25, -0.2) is 0 Å². The first-order valence-electron chi connectivity index (χ1n) is 11.5. The van der Waals surface area contributed by atoms with Crippen molar-refractivity contribution in [3.05, 3.63) is 101 Å². The minimum atomic E-state index is -0.463. The molecular weight excluding hydrogens is 382 g/mol. The number of aliphatic hydroxyl groups is 1. The Kier molecular flexibility index (Phi) is 7.39. The highest BCUT2D eigenvalue weighted by atomic mass is 16.5. The van der Waals surface area contributed by atoms with Gasteiger partial charge in [-0.1, -0.05) is 66.7 Å². The second-order valence-corrected chi connectivity index (χ2v) is 8.55. The molecule has 0 unspecified atom stereocenters. The van der Waals surface area contributed by atoms with Crippen LogP contribution in [0.25, 0.3) is 0 Å². The largest absolute Gasteiger partial charge is 0.489 e. The Morgan fingerprint density at radius 2 is 1.61 bits per heavy atom. The van der Waals surface area contributed by atoms with Gasteiger partial charge in [0.25, 0.3) is 0 Å². The Hall–Kier alpha value is -2.62. The number of aliphatic hydroxyl groups excluding tert-OH is 1. The third kappa shape index (κ3) is 5.75. The first-order valence-corrected chi connectivity index (χ1v) is 11.5. The Labute approximate surface area is 186 Å². The predicted octanol–water partition coefficient (Wildman–Crippen LogP) is 5.57. The average molecular weight is 416 g/mol. The summed E-state index contributed by atoms with van der Waals surface area (Å²) < 4.78 is 6.01. The van der Waals surface area contributed by atoms with Crippen molar-refractivity contribution in [2.24, 2.45) is 0 Å². The second kappa shape index (κ2) is 10.6. The van der Waals surface area contributed by atoms with Gasteiger partial charge < -0.3 is 9.84 Å². The van der Waals surface area contributed by atoms with Gasteiger partial charge in [0.1, 0.15) is 12.4 Å². The molecule has 3 aromatic carbocycles. The monoisotopic (exact) mass is 415 g/mol.